The normalized spacial score (nSPS) is 30.8. The van der Waals surface area contributed by atoms with Gasteiger partial charge in [-0.2, -0.15) is 0 Å². The van der Waals surface area contributed by atoms with Crippen molar-refractivity contribution in [2.45, 2.75) is 76.7 Å². The molecule has 2 unspecified atom stereocenters. The minimum Gasteiger partial charge on any atom is -0.490 e. The fourth-order valence-electron chi connectivity index (χ4n) is 5.98. The fraction of sp³-hybridized carbons (Fsp3) is 0.630. The number of methoxy groups -OCH3 is 1. The van der Waals surface area contributed by atoms with Gasteiger partial charge >= 0.3 is 0 Å². The van der Waals surface area contributed by atoms with Crippen molar-refractivity contribution in [2.24, 2.45) is 11.8 Å². The van der Waals surface area contributed by atoms with Gasteiger partial charge < -0.3 is 14.4 Å². The molecule has 0 spiro atoms. The molecule has 0 aromatic heterocycles. The number of fused-ring (bicyclic) bond motifs is 1. The predicted octanol–water partition coefficient (Wildman–Crippen LogP) is 2.52. The summed E-state index contributed by atoms with van der Waals surface area (Å²) in [6.07, 6.45) is 9.15. The highest BCUT2D eigenvalue weighted by atomic mass is 16.5. The topological polar surface area (TPSA) is 88.0 Å². The molecule has 3 atom stereocenters. The highest BCUT2D eigenvalue weighted by Gasteiger charge is 2.39. The quantitative estimate of drug-likeness (QED) is 0.350. The zero-order valence-corrected chi connectivity index (χ0v) is 20.7. The predicted molar refractivity (Wildman–Crippen MR) is 129 cm³/mol. The van der Waals surface area contributed by atoms with Gasteiger partial charge in [-0.1, -0.05) is 0 Å². The van der Waals surface area contributed by atoms with E-state index >= 15 is 0 Å². The Hall–Kier alpha value is -2.74. The first-order valence-corrected chi connectivity index (χ1v) is 13.0. The minimum absolute atomic E-state index is 0.124. The average molecular weight is 483 g/mol. The molecule has 3 fully saturated rings. The third-order valence-electron chi connectivity index (χ3n) is 8.11. The van der Waals surface area contributed by atoms with Crippen LogP contribution in [0.15, 0.2) is 18.2 Å². The van der Waals surface area contributed by atoms with Crippen molar-refractivity contribution in [3.63, 3.8) is 0 Å². The van der Waals surface area contributed by atoms with Crippen molar-refractivity contribution < 1.29 is 28.4 Å². The lowest BCUT2D eigenvalue weighted by Crippen LogP contribution is -2.52. The Bertz CT molecular complexity index is 1030. The smallest absolute Gasteiger partial charge is 0.255 e. The molecule has 1 aromatic rings. The second-order valence-electron chi connectivity index (χ2n) is 10.4. The molecular weight excluding hydrogens is 446 g/mol. The second kappa shape index (κ2) is 10.1. The van der Waals surface area contributed by atoms with Crippen LogP contribution in [0.25, 0.3) is 0 Å². The van der Waals surface area contributed by atoms with Crippen molar-refractivity contribution in [1.29, 1.82) is 0 Å². The molecule has 35 heavy (non-hydrogen) atoms. The van der Waals surface area contributed by atoms with Gasteiger partial charge in [-0.15, -0.1) is 0 Å². The van der Waals surface area contributed by atoms with E-state index in [0.29, 0.717) is 36.5 Å². The van der Waals surface area contributed by atoms with Gasteiger partial charge in [0.05, 0.1) is 12.0 Å². The fourth-order valence-corrected chi connectivity index (χ4v) is 5.98. The molecule has 4 aliphatic rings. The van der Waals surface area contributed by atoms with Crippen LogP contribution >= 0.6 is 0 Å². The molecule has 1 N–H and O–H groups in total. The number of carbonyl (C=O) groups is 3. The molecule has 8 nitrogen and oxygen atoms in total. The van der Waals surface area contributed by atoms with Crippen LogP contribution in [-0.4, -0.2) is 71.9 Å². The minimum atomic E-state index is -0.597. The van der Waals surface area contributed by atoms with E-state index < -0.39 is 6.04 Å². The van der Waals surface area contributed by atoms with Crippen LogP contribution in [-0.2, 0) is 20.9 Å². The highest BCUT2D eigenvalue weighted by Crippen LogP contribution is 2.34. The molecular formula is C27H36N3O5+. The summed E-state index contributed by atoms with van der Waals surface area (Å²) in [5.41, 5.74) is 1.49. The van der Waals surface area contributed by atoms with E-state index in [1.54, 1.807) is 12.0 Å². The first-order chi connectivity index (χ1) is 16.9. The molecule has 8 heteroatoms. The Labute approximate surface area is 206 Å². The van der Waals surface area contributed by atoms with E-state index in [1.807, 2.05) is 18.2 Å². The van der Waals surface area contributed by atoms with Crippen LogP contribution in [0.5, 0.6) is 5.75 Å². The third kappa shape index (κ3) is 4.99. The van der Waals surface area contributed by atoms with E-state index in [0.717, 1.165) is 56.5 Å². The van der Waals surface area contributed by atoms with E-state index in [4.69, 9.17) is 9.47 Å². The van der Waals surface area contributed by atoms with E-state index in [-0.39, 0.29) is 30.2 Å². The number of rotatable bonds is 8. The maximum atomic E-state index is 12.9. The monoisotopic (exact) mass is 482 g/mol. The van der Waals surface area contributed by atoms with Gasteiger partial charge in [-0.25, -0.2) is 4.58 Å². The van der Waals surface area contributed by atoms with E-state index in [2.05, 4.69) is 23.0 Å². The molecule has 2 aliphatic heterocycles. The summed E-state index contributed by atoms with van der Waals surface area (Å²) in [6, 6.07) is 5.04. The van der Waals surface area contributed by atoms with Gasteiger partial charge in [0.15, 0.2) is 0 Å². The number of carbonyl (C=O) groups excluding carboxylic acids is 3. The summed E-state index contributed by atoms with van der Waals surface area (Å²) in [7, 11) is 1.80. The first kappa shape index (κ1) is 24.0. The molecule has 1 saturated heterocycles. The van der Waals surface area contributed by atoms with Crippen molar-refractivity contribution in [3.8, 4) is 5.75 Å². The molecule has 5 rings (SSSR count). The number of benzene rings is 1. The lowest BCUT2D eigenvalue weighted by Gasteiger charge is -2.32. The van der Waals surface area contributed by atoms with Crippen LogP contribution in [0.3, 0.4) is 0 Å². The Kier molecular flexibility index (Phi) is 6.91. The summed E-state index contributed by atoms with van der Waals surface area (Å²) in [4.78, 5) is 38.3. The highest BCUT2D eigenvalue weighted by molar-refractivity contribution is 6.05. The van der Waals surface area contributed by atoms with E-state index in [1.165, 1.54) is 0 Å². The standard InChI is InChI=1S/C27H35N3O5/c1-3-29(14-17-11-21(12-17)34-2)15-18-5-4-6-24(18)35-20-7-8-22-19(13-20)16-30(27(22)33)23-9-10-25(31)28-26(23)32/h7-8,13,15,17-18,21,23-24H,3-6,9-12,14,16H2,1-2H3/p+1/b29-15+/t17-,18?,21-,23?,24-/m1/s1. The molecule has 188 valence electrons. The lowest BCUT2D eigenvalue weighted by atomic mass is 9.82. The molecule has 2 aliphatic carbocycles. The van der Waals surface area contributed by atoms with Crippen molar-refractivity contribution in [2.75, 3.05) is 20.2 Å². The summed E-state index contributed by atoms with van der Waals surface area (Å²) < 4.78 is 14.3. The molecule has 2 saturated carbocycles. The number of imide groups is 1. The SMILES string of the molecule is CC/[N+](=C\C1CCC[C@H]1Oc1ccc2c(c1)CN(C1CCC(=O)NC1=O)C2=O)C[C@H]1C[C@H](OC)C1. The molecule has 3 amide bonds. The van der Waals surface area contributed by atoms with Gasteiger partial charge in [0.1, 0.15) is 37.2 Å². The van der Waals surface area contributed by atoms with Crippen LogP contribution in [0, 0.1) is 11.8 Å². The summed E-state index contributed by atoms with van der Waals surface area (Å²) >= 11 is 0. The summed E-state index contributed by atoms with van der Waals surface area (Å²) in [5.74, 6) is 1.04. The maximum absolute atomic E-state index is 12.9. The average Bonchev–Trinajstić information content (AvgIpc) is 3.38. The summed E-state index contributed by atoms with van der Waals surface area (Å²) in [5, 5.41) is 2.35. The molecule has 0 radical (unpaired) electrons. The molecule has 1 aromatic carbocycles. The van der Waals surface area contributed by atoms with Crippen LogP contribution < -0.4 is 10.1 Å². The van der Waals surface area contributed by atoms with Crippen LogP contribution in [0.4, 0.5) is 0 Å². The second-order valence-corrected chi connectivity index (χ2v) is 10.4. The Morgan fingerprint density at radius 2 is 2.00 bits per heavy atom. The number of piperidine rings is 1. The number of hydrogen-bond donors (Lipinski definition) is 1. The van der Waals surface area contributed by atoms with Crippen LogP contribution in [0.1, 0.15) is 67.8 Å². The zero-order chi connectivity index (χ0) is 24.5. The number of amides is 3. The van der Waals surface area contributed by atoms with Gasteiger partial charge in [-0.3, -0.25) is 19.7 Å². The molecule has 0 bridgehead atoms. The summed E-state index contributed by atoms with van der Waals surface area (Å²) in [6.45, 7) is 4.65. The number of ether oxygens (including phenoxy) is 2. The van der Waals surface area contributed by atoms with Gasteiger partial charge in [0.25, 0.3) is 5.91 Å². The number of hydrogen-bond acceptors (Lipinski definition) is 5. The van der Waals surface area contributed by atoms with Crippen molar-refractivity contribution in [1.82, 2.24) is 10.2 Å². The van der Waals surface area contributed by atoms with Gasteiger partial charge in [-0.05, 0) is 69.2 Å². The van der Waals surface area contributed by atoms with Crippen molar-refractivity contribution in [3.05, 3.63) is 29.3 Å². The van der Waals surface area contributed by atoms with Crippen molar-refractivity contribution >= 4 is 23.9 Å². The largest absolute Gasteiger partial charge is 0.490 e. The number of nitrogens with one attached hydrogen (secondary N) is 1. The number of nitrogens with zero attached hydrogens (tertiary/aromatic N) is 2. The Morgan fingerprint density at radius 3 is 2.74 bits per heavy atom. The Morgan fingerprint density at radius 1 is 1.17 bits per heavy atom. The maximum Gasteiger partial charge on any atom is 0.255 e. The van der Waals surface area contributed by atoms with Crippen LogP contribution in [0.2, 0.25) is 0 Å². The molecule has 2 heterocycles. The van der Waals surface area contributed by atoms with Gasteiger partial charge in [0, 0.05) is 31.6 Å². The zero-order valence-electron chi connectivity index (χ0n) is 20.7. The van der Waals surface area contributed by atoms with E-state index in [9.17, 15) is 14.4 Å². The third-order valence-corrected chi connectivity index (χ3v) is 8.11. The van der Waals surface area contributed by atoms with Gasteiger partial charge in [0.2, 0.25) is 11.8 Å². The lowest BCUT2D eigenvalue weighted by molar-refractivity contribution is -0.532. The Balaban J connectivity index is 1.23. The first-order valence-electron chi connectivity index (χ1n) is 13.0.